The third-order valence-corrected chi connectivity index (χ3v) is 20.9. The summed E-state index contributed by atoms with van der Waals surface area (Å²) in [7, 11) is 1.77. The Balaban J connectivity index is 2.97. The van der Waals surface area contributed by atoms with Crippen molar-refractivity contribution < 1.29 is 4.74 Å². The summed E-state index contributed by atoms with van der Waals surface area (Å²) in [5.41, 5.74) is 0. The van der Waals surface area contributed by atoms with Gasteiger partial charge in [-0.25, -0.2) is 0 Å². The van der Waals surface area contributed by atoms with E-state index in [9.17, 15) is 0 Å². The Bertz CT molecular complexity index is 359. The van der Waals surface area contributed by atoms with Gasteiger partial charge >= 0.3 is 140 Å². The quantitative estimate of drug-likeness (QED) is 0.428. The summed E-state index contributed by atoms with van der Waals surface area (Å²) in [6.45, 7) is 7.66. The van der Waals surface area contributed by atoms with Gasteiger partial charge in [-0.3, -0.25) is 0 Å². The fourth-order valence-corrected chi connectivity index (χ4v) is 21.0. The first-order valence-electron chi connectivity index (χ1n) is 8.66. The fourth-order valence-electron chi connectivity index (χ4n) is 3.05. The van der Waals surface area contributed by atoms with Gasteiger partial charge in [-0.2, -0.15) is 0 Å². The predicted molar refractivity (Wildman–Crippen MR) is 97.4 cm³/mol. The zero-order valence-electron chi connectivity index (χ0n) is 14.4. The van der Waals surface area contributed by atoms with Crippen LogP contribution in [-0.4, -0.2) is 30.5 Å². The summed E-state index contributed by atoms with van der Waals surface area (Å²) in [4.78, 5) is 5.02. The van der Waals surface area contributed by atoms with Crippen LogP contribution in [0.5, 0.6) is 0 Å². The summed E-state index contributed by atoms with van der Waals surface area (Å²) in [6, 6.07) is 0. The number of hydrogen-bond donors (Lipinski definition) is 0. The molecule has 0 aliphatic rings. The van der Waals surface area contributed by atoms with Crippen LogP contribution >= 0.6 is 11.3 Å². The minimum absolute atomic E-state index is 0.682. The molecule has 1 aromatic rings. The van der Waals surface area contributed by atoms with Gasteiger partial charge in [0.1, 0.15) is 0 Å². The maximum atomic E-state index is 5.27. The average molecular weight is 418 g/mol. The summed E-state index contributed by atoms with van der Waals surface area (Å²) < 4.78 is 11.3. The van der Waals surface area contributed by atoms with E-state index in [4.69, 9.17) is 9.72 Å². The molecule has 0 aromatic carbocycles. The molecule has 0 aliphatic carbocycles. The molecule has 1 aromatic heterocycles. The number of ether oxygens (including phenoxy) is 1. The second-order valence-electron chi connectivity index (χ2n) is 6.15. The van der Waals surface area contributed by atoms with Crippen molar-refractivity contribution in [1.29, 1.82) is 0 Å². The van der Waals surface area contributed by atoms with Gasteiger partial charge in [0.2, 0.25) is 0 Å². The van der Waals surface area contributed by atoms with Crippen LogP contribution in [0.1, 0.15) is 64.3 Å². The summed E-state index contributed by atoms with van der Waals surface area (Å²) in [5.74, 6) is 0. The topological polar surface area (TPSA) is 22.1 Å². The molecule has 0 radical (unpaired) electrons. The molecule has 0 fully saturated rings. The summed E-state index contributed by atoms with van der Waals surface area (Å²) >= 11 is -0.456. The van der Waals surface area contributed by atoms with E-state index in [0.717, 1.165) is 0 Å². The molecule has 0 N–H and O–H groups in total. The normalized spacial score (nSPS) is 12.0. The van der Waals surface area contributed by atoms with Gasteiger partial charge in [0.05, 0.1) is 0 Å². The Labute approximate surface area is 139 Å². The van der Waals surface area contributed by atoms with Crippen LogP contribution in [0.2, 0.25) is 13.3 Å². The summed E-state index contributed by atoms with van der Waals surface area (Å²) in [5, 5.41) is 3.57. The number of aromatic nitrogens is 1. The van der Waals surface area contributed by atoms with E-state index in [1.165, 1.54) is 56.8 Å². The number of thiazole rings is 1. The molecule has 2 nitrogen and oxygen atoms in total. The van der Waals surface area contributed by atoms with Gasteiger partial charge in [0, 0.05) is 0 Å². The van der Waals surface area contributed by atoms with E-state index in [1.54, 1.807) is 10.8 Å². The standard InChI is InChI=1S/C5H6NOS.3C4H9.Sn/c1-7-4-5-6-2-3-8-5;3*1-3-4-2;/h3H,4H2,1H3;3*1,3-4H2,2H3;. The van der Waals surface area contributed by atoms with Crippen LogP contribution in [-0.2, 0) is 11.3 Å². The number of methoxy groups -OCH3 is 1. The van der Waals surface area contributed by atoms with Crippen LogP contribution in [0.25, 0.3) is 0 Å². The first-order valence-corrected chi connectivity index (χ1v) is 17.0. The molecule has 0 saturated heterocycles. The fraction of sp³-hybridized carbons (Fsp3) is 0.824. The minimum atomic E-state index is -2.27. The van der Waals surface area contributed by atoms with Gasteiger partial charge in [-0.05, 0) is 0 Å². The molecule has 0 saturated carbocycles. The van der Waals surface area contributed by atoms with Gasteiger partial charge in [-0.15, -0.1) is 0 Å². The van der Waals surface area contributed by atoms with E-state index in [1.807, 2.05) is 11.3 Å². The molecule has 0 spiro atoms. The van der Waals surface area contributed by atoms with Crippen molar-refractivity contribution in [3.63, 3.8) is 0 Å². The van der Waals surface area contributed by atoms with Gasteiger partial charge in [0.15, 0.2) is 0 Å². The first-order chi connectivity index (χ1) is 10.2. The van der Waals surface area contributed by atoms with E-state index in [0.29, 0.717) is 6.61 Å². The van der Waals surface area contributed by atoms with Crippen molar-refractivity contribution in [3.05, 3.63) is 10.4 Å². The van der Waals surface area contributed by atoms with Gasteiger partial charge < -0.3 is 0 Å². The van der Waals surface area contributed by atoms with Gasteiger partial charge in [0.25, 0.3) is 0 Å². The Morgan fingerprint density at radius 2 is 1.52 bits per heavy atom. The Hall–Kier alpha value is 0.389. The summed E-state index contributed by atoms with van der Waals surface area (Å²) in [6.07, 6.45) is 8.19. The molecule has 122 valence electrons. The van der Waals surface area contributed by atoms with Crippen molar-refractivity contribution in [2.24, 2.45) is 0 Å². The molecular weight excluding hydrogens is 385 g/mol. The molecular formula is C17H33NOSSn. The molecule has 0 atom stereocenters. The Morgan fingerprint density at radius 1 is 1.00 bits per heavy atom. The van der Waals surface area contributed by atoms with E-state index in [-0.39, 0.29) is 0 Å². The average Bonchev–Trinajstić information content (AvgIpc) is 2.96. The zero-order valence-corrected chi connectivity index (χ0v) is 18.1. The van der Waals surface area contributed by atoms with Crippen molar-refractivity contribution >= 4 is 33.4 Å². The molecule has 4 heteroatoms. The monoisotopic (exact) mass is 419 g/mol. The second-order valence-corrected chi connectivity index (χ2v) is 20.1. The number of hydrogen-bond acceptors (Lipinski definition) is 3. The van der Waals surface area contributed by atoms with Crippen LogP contribution in [0.3, 0.4) is 0 Å². The number of nitrogens with zero attached hydrogens (tertiary/aromatic N) is 1. The molecule has 0 amide bonds. The van der Waals surface area contributed by atoms with Gasteiger partial charge in [-0.1, -0.05) is 0 Å². The van der Waals surface area contributed by atoms with Crippen molar-refractivity contribution in [1.82, 2.24) is 4.98 Å². The molecule has 21 heavy (non-hydrogen) atoms. The Kier molecular flexibility index (Phi) is 10.2. The molecule has 0 unspecified atom stereocenters. The third kappa shape index (κ3) is 6.18. The van der Waals surface area contributed by atoms with Crippen molar-refractivity contribution in [2.45, 2.75) is 79.2 Å². The molecule has 0 bridgehead atoms. The van der Waals surface area contributed by atoms with Crippen LogP contribution in [0.15, 0.2) is 5.38 Å². The molecule has 0 aliphatic heterocycles. The van der Waals surface area contributed by atoms with Crippen LogP contribution < -0.4 is 3.71 Å². The van der Waals surface area contributed by atoms with E-state index < -0.39 is 18.4 Å². The van der Waals surface area contributed by atoms with Crippen molar-refractivity contribution in [2.75, 3.05) is 7.11 Å². The SMILES string of the molecule is CCC[CH2][Sn]([CH2]CCC)([CH2]CCC)[c]1csc(COC)n1. The number of unbranched alkanes of at least 4 members (excludes halogenated alkanes) is 3. The van der Waals surface area contributed by atoms with E-state index >= 15 is 0 Å². The van der Waals surface area contributed by atoms with Crippen molar-refractivity contribution in [3.8, 4) is 0 Å². The molecule has 1 heterocycles. The van der Waals surface area contributed by atoms with Crippen LogP contribution in [0, 0.1) is 0 Å². The number of rotatable bonds is 12. The third-order valence-electron chi connectivity index (χ3n) is 4.39. The predicted octanol–water partition coefficient (Wildman–Crippen LogP) is 5.35. The first kappa shape index (κ1) is 19.4. The Morgan fingerprint density at radius 3 is 1.95 bits per heavy atom. The maximum absolute atomic E-state index is 5.27. The van der Waals surface area contributed by atoms with Crippen LogP contribution in [0.4, 0.5) is 0 Å². The molecule has 1 rings (SSSR count). The second kappa shape index (κ2) is 11.0. The van der Waals surface area contributed by atoms with E-state index in [2.05, 4.69) is 26.2 Å². The zero-order chi connectivity index (χ0) is 15.6.